The Labute approximate surface area is 440 Å². The molecule has 0 aliphatic carbocycles. The van der Waals surface area contributed by atoms with Crippen LogP contribution in [0.2, 0.25) is 0 Å². The summed E-state index contributed by atoms with van der Waals surface area (Å²) in [5.74, 6) is 0. The summed E-state index contributed by atoms with van der Waals surface area (Å²) in [6.45, 7) is 0. The van der Waals surface area contributed by atoms with Crippen LogP contribution in [0, 0.1) is 0 Å². The molecule has 0 unspecified atom stereocenters. The van der Waals surface area contributed by atoms with Crippen molar-refractivity contribution in [3.63, 3.8) is 0 Å². The Balaban J connectivity index is 1.25. The molecule has 0 fully saturated rings. The summed E-state index contributed by atoms with van der Waals surface area (Å²) in [5.41, 5.74) is 20.3. The number of hydrogen-bond acceptors (Lipinski definition) is 3. The van der Waals surface area contributed by atoms with E-state index < -0.39 is 0 Å². The van der Waals surface area contributed by atoms with Gasteiger partial charge in [-0.3, -0.25) is 0 Å². The fourth-order valence-corrected chi connectivity index (χ4v) is 10.4. The fourth-order valence-electron chi connectivity index (χ4n) is 10.4. The van der Waals surface area contributed by atoms with E-state index in [0.29, 0.717) is 0 Å². The van der Waals surface area contributed by atoms with Crippen molar-refractivity contribution in [1.82, 2.24) is 0 Å². The molecule has 0 saturated heterocycles. The number of hydrogen-bond donors (Lipinski definition) is 0. The molecular weight excluding hydrogens is 907 g/mol. The van der Waals surface area contributed by atoms with E-state index in [1.54, 1.807) is 0 Å². The standard InChI is InChI=1S/C72H53N3/c1-7-28-54(29-8-1)55-50-52-61(53-51-55)73(60-38-17-6-18-39-60)70-48-27-49-71(74(66-44-23-19-40-62(66)56-30-9-2-10-31-56)67-45-24-20-41-63(67)57-32-11-3-12-33-57)72(70)75(68-46-25-21-42-64(68)58-34-13-4-14-35-58)69-47-26-22-43-65(69)59-36-15-5-16-37-59/h1-53H. The molecule has 12 rings (SSSR count). The van der Waals surface area contributed by atoms with Gasteiger partial charge in [-0.15, -0.1) is 0 Å². The van der Waals surface area contributed by atoms with E-state index in [2.05, 4.69) is 336 Å². The predicted molar refractivity (Wildman–Crippen MR) is 318 cm³/mol. The first-order chi connectivity index (χ1) is 37.3. The normalized spacial score (nSPS) is 10.9. The molecule has 0 amide bonds. The lowest BCUT2D eigenvalue weighted by Gasteiger charge is -2.39. The summed E-state index contributed by atoms with van der Waals surface area (Å²) in [6, 6.07) is 116. The summed E-state index contributed by atoms with van der Waals surface area (Å²) >= 11 is 0. The average molecular weight is 960 g/mol. The van der Waals surface area contributed by atoms with Crippen molar-refractivity contribution < 1.29 is 0 Å². The Hall–Kier alpha value is -9.96. The number of nitrogens with zero attached hydrogens (tertiary/aromatic N) is 3. The third kappa shape index (κ3) is 9.39. The van der Waals surface area contributed by atoms with E-state index in [-0.39, 0.29) is 0 Å². The second-order valence-electron chi connectivity index (χ2n) is 18.4. The van der Waals surface area contributed by atoms with Crippen molar-refractivity contribution in [2.24, 2.45) is 0 Å². The second-order valence-corrected chi connectivity index (χ2v) is 18.4. The lowest BCUT2D eigenvalue weighted by Crippen LogP contribution is -2.22. The van der Waals surface area contributed by atoms with Crippen LogP contribution in [0.5, 0.6) is 0 Å². The molecule has 12 aromatic carbocycles. The number of benzene rings is 12. The number of rotatable bonds is 14. The van der Waals surface area contributed by atoms with Gasteiger partial charge in [0.1, 0.15) is 0 Å². The predicted octanol–water partition coefficient (Wildman–Crippen LogP) is 20.4. The fraction of sp³-hybridized carbons (Fsp3) is 0. The lowest BCUT2D eigenvalue weighted by atomic mass is 9.96. The minimum Gasteiger partial charge on any atom is -0.308 e. The second kappa shape index (κ2) is 21.4. The minimum absolute atomic E-state index is 0.978. The van der Waals surface area contributed by atoms with Crippen LogP contribution in [-0.2, 0) is 0 Å². The van der Waals surface area contributed by atoms with Crippen molar-refractivity contribution >= 4 is 51.2 Å². The van der Waals surface area contributed by atoms with Crippen molar-refractivity contribution in [3.8, 4) is 55.6 Å². The van der Waals surface area contributed by atoms with Gasteiger partial charge in [-0.05, 0) is 94.0 Å². The maximum Gasteiger partial charge on any atom is 0.0946 e. The van der Waals surface area contributed by atoms with Crippen molar-refractivity contribution in [2.75, 3.05) is 14.7 Å². The van der Waals surface area contributed by atoms with E-state index in [4.69, 9.17) is 0 Å². The Morgan fingerprint density at radius 3 is 0.773 bits per heavy atom. The van der Waals surface area contributed by atoms with Crippen LogP contribution in [0.4, 0.5) is 51.2 Å². The van der Waals surface area contributed by atoms with E-state index >= 15 is 0 Å². The molecule has 0 bridgehead atoms. The molecule has 356 valence electrons. The van der Waals surface area contributed by atoms with Crippen LogP contribution in [0.3, 0.4) is 0 Å². The smallest absolute Gasteiger partial charge is 0.0946 e. The molecule has 0 aliphatic heterocycles. The van der Waals surface area contributed by atoms with Gasteiger partial charge < -0.3 is 14.7 Å². The number of anilines is 9. The molecular formula is C72H53N3. The molecule has 0 aromatic heterocycles. The third-order valence-electron chi connectivity index (χ3n) is 13.9. The first-order valence-corrected chi connectivity index (χ1v) is 25.6. The molecule has 0 saturated carbocycles. The van der Waals surface area contributed by atoms with E-state index in [0.717, 1.165) is 101 Å². The molecule has 0 N–H and O–H groups in total. The first-order valence-electron chi connectivity index (χ1n) is 25.6. The van der Waals surface area contributed by atoms with E-state index in [9.17, 15) is 0 Å². The highest BCUT2D eigenvalue weighted by atomic mass is 15.3. The monoisotopic (exact) mass is 959 g/mol. The van der Waals surface area contributed by atoms with Gasteiger partial charge in [0.2, 0.25) is 0 Å². The minimum atomic E-state index is 0.978. The first kappa shape index (κ1) is 46.1. The van der Waals surface area contributed by atoms with Crippen LogP contribution in [0.15, 0.2) is 322 Å². The zero-order valence-electron chi connectivity index (χ0n) is 41.4. The molecule has 0 heterocycles. The van der Waals surface area contributed by atoms with E-state index in [1.807, 2.05) is 0 Å². The van der Waals surface area contributed by atoms with Gasteiger partial charge in [-0.1, -0.05) is 261 Å². The van der Waals surface area contributed by atoms with E-state index in [1.165, 1.54) is 5.56 Å². The number of para-hydroxylation sites is 6. The molecule has 0 aliphatic rings. The Morgan fingerprint density at radius 1 is 0.147 bits per heavy atom. The van der Waals surface area contributed by atoms with Crippen LogP contribution < -0.4 is 14.7 Å². The largest absolute Gasteiger partial charge is 0.308 e. The van der Waals surface area contributed by atoms with Crippen LogP contribution in [-0.4, -0.2) is 0 Å². The SMILES string of the molecule is c1ccc(-c2ccc(N(c3ccccc3)c3cccc(N(c4ccccc4-c4ccccc4)c4ccccc4-c4ccccc4)c3N(c3ccccc3-c3ccccc3)c3ccccc3-c3ccccc3)cc2)cc1. The Morgan fingerprint density at radius 2 is 0.400 bits per heavy atom. The summed E-state index contributed by atoms with van der Waals surface area (Å²) in [4.78, 5) is 7.47. The van der Waals surface area contributed by atoms with Crippen molar-refractivity contribution in [3.05, 3.63) is 322 Å². The Kier molecular flexibility index (Phi) is 13.2. The van der Waals surface area contributed by atoms with Gasteiger partial charge in [-0.2, -0.15) is 0 Å². The van der Waals surface area contributed by atoms with Gasteiger partial charge in [-0.25, -0.2) is 0 Å². The van der Waals surface area contributed by atoms with Crippen LogP contribution in [0.1, 0.15) is 0 Å². The highest BCUT2D eigenvalue weighted by Crippen LogP contribution is 2.57. The van der Waals surface area contributed by atoms with Gasteiger partial charge in [0.25, 0.3) is 0 Å². The Bertz CT molecular complexity index is 3640. The molecule has 3 nitrogen and oxygen atoms in total. The summed E-state index contributed by atoms with van der Waals surface area (Å²) in [7, 11) is 0. The lowest BCUT2D eigenvalue weighted by molar-refractivity contribution is 1.20. The molecule has 0 radical (unpaired) electrons. The molecule has 0 atom stereocenters. The molecule has 3 heteroatoms. The zero-order valence-corrected chi connectivity index (χ0v) is 41.4. The highest BCUT2D eigenvalue weighted by molar-refractivity contribution is 6.07. The van der Waals surface area contributed by atoms with Gasteiger partial charge in [0.15, 0.2) is 0 Å². The zero-order chi connectivity index (χ0) is 50.2. The van der Waals surface area contributed by atoms with Crippen LogP contribution in [0.25, 0.3) is 55.6 Å². The van der Waals surface area contributed by atoms with Gasteiger partial charge in [0, 0.05) is 33.6 Å². The van der Waals surface area contributed by atoms with Crippen molar-refractivity contribution in [2.45, 2.75) is 0 Å². The highest BCUT2D eigenvalue weighted by Gasteiger charge is 2.32. The summed E-state index contributed by atoms with van der Waals surface area (Å²) in [6.07, 6.45) is 0. The summed E-state index contributed by atoms with van der Waals surface area (Å²) in [5, 5.41) is 0. The summed E-state index contributed by atoms with van der Waals surface area (Å²) < 4.78 is 0. The average Bonchev–Trinajstić information content (AvgIpc) is 3.51. The molecule has 0 spiro atoms. The van der Waals surface area contributed by atoms with Crippen LogP contribution >= 0.6 is 0 Å². The molecule has 12 aromatic rings. The molecule has 75 heavy (non-hydrogen) atoms. The quantitative estimate of drug-likeness (QED) is 0.108. The maximum absolute atomic E-state index is 2.53. The maximum atomic E-state index is 2.53. The third-order valence-corrected chi connectivity index (χ3v) is 13.9. The van der Waals surface area contributed by atoms with Gasteiger partial charge >= 0.3 is 0 Å². The van der Waals surface area contributed by atoms with Crippen molar-refractivity contribution in [1.29, 1.82) is 0 Å². The van der Waals surface area contributed by atoms with Gasteiger partial charge in [0.05, 0.1) is 39.8 Å². The topological polar surface area (TPSA) is 9.72 Å².